The number of nitrogens with zero attached hydrogens (tertiary/aromatic N) is 3. The highest BCUT2D eigenvalue weighted by molar-refractivity contribution is 7.99. The lowest BCUT2D eigenvalue weighted by Gasteiger charge is -2.06. The fourth-order valence-electron chi connectivity index (χ4n) is 2.09. The number of nitrogens with one attached hydrogen (secondary N) is 1. The van der Waals surface area contributed by atoms with Gasteiger partial charge in [0, 0.05) is 19.3 Å². The number of hydrogen-bond donors (Lipinski definition) is 1. The van der Waals surface area contributed by atoms with Crippen molar-refractivity contribution in [1.82, 2.24) is 19.1 Å². The van der Waals surface area contributed by atoms with Crippen molar-refractivity contribution in [3.63, 3.8) is 0 Å². The van der Waals surface area contributed by atoms with Gasteiger partial charge in [0.05, 0.1) is 0 Å². The number of H-pyrrole nitrogens is 1. The number of aromatic amines is 1. The molecule has 0 aliphatic heterocycles. The van der Waals surface area contributed by atoms with E-state index < -0.39 is 5.69 Å². The molecule has 0 fully saturated rings. The van der Waals surface area contributed by atoms with Gasteiger partial charge in [-0.05, 0) is 19.3 Å². The molecule has 0 aromatic carbocycles. The van der Waals surface area contributed by atoms with Crippen molar-refractivity contribution in [2.45, 2.75) is 38.9 Å². The van der Waals surface area contributed by atoms with E-state index in [0.29, 0.717) is 23.6 Å². The molecule has 2 rings (SSSR count). The maximum absolute atomic E-state index is 12.2. The van der Waals surface area contributed by atoms with E-state index in [2.05, 4.69) is 23.8 Å². The van der Waals surface area contributed by atoms with Crippen LogP contribution in [0.1, 0.15) is 27.2 Å². The number of rotatable bonds is 6. The van der Waals surface area contributed by atoms with Gasteiger partial charge in [-0.25, -0.2) is 9.78 Å². The van der Waals surface area contributed by atoms with E-state index >= 15 is 0 Å². The normalized spacial score (nSPS) is 12.0. The lowest BCUT2D eigenvalue weighted by Crippen LogP contribution is -2.29. The highest BCUT2D eigenvalue weighted by Crippen LogP contribution is 2.23. The van der Waals surface area contributed by atoms with Gasteiger partial charge in [0.1, 0.15) is 0 Å². The molecule has 6 nitrogen and oxygen atoms in total. The molecule has 0 radical (unpaired) electrons. The Bertz CT molecular complexity index is 798. The van der Waals surface area contributed by atoms with Gasteiger partial charge in [-0.3, -0.25) is 14.3 Å². The zero-order valence-electron chi connectivity index (χ0n) is 13.4. The molecule has 2 aromatic heterocycles. The van der Waals surface area contributed by atoms with Crippen LogP contribution in [0, 0.1) is 5.92 Å². The zero-order chi connectivity index (χ0) is 16.3. The summed E-state index contributed by atoms with van der Waals surface area (Å²) >= 11 is 1.62. The first-order valence-corrected chi connectivity index (χ1v) is 8.37. The predicted octanol–water partition coefficient (Wildman–Crippen LogP) is 2.14. The van der Waals surface area contributed by atoms with Crippen LogP contribution in [0.3, 0.4) is 0 Å². The molecule has 0 atom stereocenters. The lowest BCUT2D eigenvalue weighted by molar-refractivity contribution is 0.630. The SMILES string of the molecule is C/C=C/Cn1c(SCCC(C)C)nc2c1c(=O)[nH]c(=O)n2C. The van der Waals surface area contributed by atoms with Crippen LogP contribution in [0.15, 0.2) is 26.9 Å². The molecule has 0 saturated carbocycles. The van der Waals surface area contributed by atoms with Crippen molar-refractivity contribution in [3.8, 4) is 0 Å². The van der Waals surface area contributed by atoms with Crippen molar-refractivity contribution in [2.24, 2.45) is 13.0 Å². The topological polar surface area (TPSA) is 72.7 Å². The number of thioether (sulfide) groups is 1. The number of aryl methyl sites for hydroxylation is 1. The summed E-state index contributed by atoms with van der Waals surface area (Å²) in [5, 5.41) is 0.778. The maximum atomic E-state index is 12.2. The van der Waals surface area contributed by atoms with E-state index in [1.54, 1.807) is 18.8 Å². The van der Waals surface area contributed by atoms with Gasteiger partial charge in [0.25, 0.3) is 5.56 Å². The largest absolute Gasteiger partial charge is 0.329 e. The number of imidazole rings is 1. The van der Waals surface area contributed by atoms with Crippen LogP contribution in [-0.2, 0) is 13.6 Å². The average Bonchev–Trinajstić information content (AvgIpc) is 2.81. The summed E-state index contributed by atoms with van der Waals surface area (Å²) in [6, 6.07) is 0. The molecular formula is C15H22N4O2S. The van der Waals surface area contributed by atoms with E-state index in [1.165, 1.54) is 4.57 Å². The molecule has 7 heteroatoms. The van der Waals surface area contributed by atoms with Crippen LogP contribution in [0.2, 0.25) is 0 Å². The molecule has 2 heterocycles. The van der Waals surface area contributed by atoms with E-state index in [-0.39, 0.29) is 5.56 Å². The Kier molecular flexibility index (Phi) is 5.28. The van der Waals surface area contributed by atoms with Crippen LogP contribution < -0.4 is 11.2 Å². The van der Waals surface area contributed by atoms with Crippen LogP contribution in [0.25, 0.3) is 11.2 Å². The van der Waals surface area contributed by atoms with Gasteiger partial charge in [0.2, 0.25) is 0 Å². The summed E-state index contributed by atoms with van der Waals surface area (Å²) in [5.74, 6) is 1.55. The third kappa shape index (κ3) is 3.35. The maximum Gasteiger partial charge on any atom is 0.329 e. The van der Waals surface area contributed by atoms with Crippen LogP contribution in [0.4, 0.5) is 0 Å². The molecule has 0 unspecified atom stereocenters. The second-order valence-electron chi connectivity index (χ2n) is 5.60. The fraction of sp³-hybridized carbons (Fsp3) is 0.533. The first kappa shape index (κ1) is 16.6. The van der Waals surface area contributed by atoms with Crippen LogP contribution in [0.5, 0.6) is 0 Å². The summed E-state index contributed by atoms with van der Waals surface area (Å²) in [6.45, 7) is 6.86. The minimum absolute atomic E-state index is 0.384. The summed E-state index contributed by atoms with van der Waals surface area (Å²) in [5.41, 5.74) is 0.0651. The number of allylic oxidation sites excluding steroid dienone is 2. The highest BCUT2D eigenvalue weighted by atomic mass is 32.2. The van der Waals surface area contributed by atoms with E-state index in [9.17, 15) is 9.59 Å². The minimum atomic E-state index is -0.438. The van der Waals surface area contributed by atoms with Crippen molar-refractivity contribution in [2.75, 3.05) is 5.75 Å². The Morgan fingerprint density at radius 3 is 2.73 bits per heavy atom. The average molecular weight is 322 g/mol. The Hall–Kier alpha value is -1.76. The summed E-state index contributed by atoms with van der Waals surface area (Å²) < 4.78 is 3.26. The standard InChI is InChI=1S/C15H22N4O2S/c1-5-6-8-19-11-12(18(4)14(21)17-13(11)20)16-15(19)22-9-7-10(2)3/h5-6,10H,7-9H2,1-4H3,(H,17,20,21)/b6-5+. The molecule has 1 N–H and O–H groups in total. The molecule has 0 aliphatic rings. The molecule has 2 aromatic rings. The quantitative estimate of drug-likeness (QED) is 0.653. The fourth-order valence-corrected chi connectivity index (χ4v) is 3.34. The van der Waals surface area contributed by atoms with E-state index in [4.69, 9.17) is 0 Å². The number of fused-ring (bicyclic) bond motifs is 1. The second-order valence-corrected chi connectivity index (χ2v) is 6.66. The van der Waals surface area contributed by atoms with Gasteiger partial charge >= 0.3 is 5.69 Å². The molecule has 120 valence electrons. The van der Waals surface area contributed by atoms with E-state index in [1.807, 2.05) is 23.6 Å². The molecule has 0 bridgehead atoms. The van der Waals surface area contributed by atoms with Gasteiger partial charge in [0.15, 0.2) is 16.3 Å². The number of hydrogen-bond acceptors (Lipinski definition) is 4. The third-order valence-electron chi connectivity index (χ3n) is 3.42. The summed E-state index contributed by atoms with van der Waals surface area (Å²) in [4.78, 5) is 30.8. The smallest absolute Gasteiger partial charge is 0.309 e. The molecule has 0 spiro atoms. The Morgan fingerprint density at radius 2 is 2.09 bits per heavy atom. The minimum Gasteiger partial charge on any atom is -0.309 e. The van der Waals surface area contributed by atoms with Crippen molar-refractivity contribution >= 4 is 22.9 Å². The first-order valence-electron chi connectivity index (χ1n) is 7.39. The number of aromatic nitrogens is 4. The monoisotopic (exact) mass is 322 g/mol. The van der Waals surface area contributed by atoms with E-state index in [0.717, 1.165) is 17.3 Å². The van der Waals surface area contributed by atoms with Crippen molar-refractivity contribution in [1.29, 1.82) is 0 Å². The highest BCUT2D eigenvalue weighted by Gasteiger charge is 2.16. The Labute approximate surface area is 133 Å². The van der Waals surface area contributed by atoms with Crippen LogP contribution in [-0.4, -0.2) is 24.9 Å². The lowest BCUT2D eigenvalue weighted by atomic mass is 10.2. The molecule has 0 amide bonds. The summed E-state index contributed by atoms with van der Waals surface area (Å²) in [7, 11) is 1.62. The molecular weight excluding hydrogens is 300 g/mol. The zero-order valence-corrected chi connectivity index (χ0v) is 14.2. The van der Waals surface area contributed by atoms with Gasteiger partial charge in [-0.2, -0.15) is 0 Å². The summed E-state index contributed by atoms with van der Waals surface area (Å²) in [6.07, 6.45) is 4.98. The van der Waals surface area contributed by atoms with Gasteiger partial charge in [-0.1, -0.05) is 37.8 Å². The van der Waals surface area contributed by atoms with Gasteiger partial charge < -0.3 is 4.57 Å². The molecule has 0 saturated heterocycles. The third-order valence-corrected chi connectivity index (χ3v) is 4.43. The molecule has 22 heavy (non-hydrogen) atoms. The Balaban J connectivity index is 2.54. The second kappa shape index (κ2) is 7.00. The predicted molar refractivity (Wildman–Crippen MR) is 90.6 cm³/mol. The van der Waals surface area contributed by atoms with Crippen molar-refractivity contribution < 1.29 is 0 Å². The molecule has 0 aliphatic carbocycles. The van der Waals surface area contributed by atoms with Crippen molar-refractivity contribution in [3.05, 3.63) is 33.0 Å². The Morgan fingerprint density at radius 1 is 1.36 bits per heavy atom. The van der Waals surface area contributed by atoms with Crippen LogP contribution >= 0.6 is 11.8 Å². The van der Waals surface area contributed by atoms with Gasteiger partial charge in [-0.15, -0.1) is 0 Å². The first-order chi connectivity index (χ1) is 10.5.